The van der Waals surface area contributed by atoms with E-state index in [2.05, 4.69) is 85.0 Å². The molecule has 1 aliphatic carbocycles. The van der Waals surface area contributed by atoms with Gasteiger partial charge in [-0.2, -0.15) is 13.2 Å². The summed E-state index contributed by atoms with van der Waals surface area (Å²) in [7, 11) is 0. The lowest BCUT2D eigenvalue weighted by Crippen LogP contribution is -2.07. The van der Waals surface area contributed by atoms with Crippen molar-refractivity contribution in [2.24, 2.45) is 0 Å². The molecule has 0 bridgehead atoms. The van der Waals surface area contributed by atoms with E-state index in [1.165, 1.54) is 25.1 Å². The Morgan fingerprint density at radius 3 is 1.53 bits per heavy atom. The number of alkyl halides is 3. The third-order valence-electron chi connectivity index (χ3n) is 10.5. The Morgan fingerprint density at radius 2 is 0.945 bits per heavy atom. The van der Waals surface area contributed by atoms with Crippen LogP contribution in [0.4, 0.5) is 17.6 Å². The molecule has 0 nitrogen and oxygen atoms in total. The first kappa shape index (κ1) is 35.8. The van der Waals surface area contributed by atoms with Crippen LogP contribution in [0.5, 0.6) is 0 Å². The monoisotopic (exact) mass is 726 g/mol. The molecule has 7 aromatic carbocycles. The van der Waals surface area contributed by atoms with E-state index in [-0.39, 0.29) is 11.4 Å². The van der Waals surface area contributed by atoms with Gasteiger partial charge in [-0.1, -0.05) is 146 Å². The fraction of sp³-hybridized carbons (Fsp3) is 0.0980. The number of aryl methyl sites for hydroxylation is 2. The molecule has 0 atom stereocenters. The quantitative estimate of drug-likeness (QED) is 0.144. The highest BCUT2D eigenvalue weighted by atomic mass is 19.4. The van der Waals surface area contributed by atoms with E-state index in [9.17, 15) is 17.6 Å². The predicted molar refractivity (Wildman–Crippen MR) is 220 cm³/mol. The van der Waals surface area contributed by atoms with Crippen LogP contribution in [-0.4, -0.2) is 0 Å². The molecular weight excluding hydrogens is 689 g/mol. The smallest absolute Gasteiger partial charge is 0.207 e. The number of halogens is 4. The van der Waals surface area contributed by atoms with Crippen LogP contribution in [-0.2, 0) is 6.18 Å². The van der Waals surface area contributed by atoms with Crippen molar-refractivity contribution in [3.05, 3.63) is 198 Å². The van der Waals surface area contributed by atoms with E-state index in [4.69, 9.17) is 0 Å². The molecule has 4 heteroatoms. The molecule has 55 heavy (non-hydrogen) atoms. The van der Waals surface area contributed by atoms with Gasteiger partial charge >= 0.3 is 6.18 Å². The molecule has 0 spiro atoms. The summed E-state index contributed by atoms with van der Waals surface area (Å²) in [6.45, 7) is 3.27. The van der Waals surface area contributed by atoms with Crippen LogP contribution >= 0.6 is 0 Å². The second kappa shape index (κ2) is 14.9. The van der Waals surface area contributed by atoms with E-state index in [0.717, 1.165) is 79.6 Å². The van der Waals surface area contributed by atoms with Crippen LogP contribution in [0, 0.1) is 19.7 Å². The van der Waals surface area contributed by atoms with Gasteiger partial charge in [0.15, 0.2) is 0 Å². The predicted octanol–water partition coefficient (Wildman–Crippen LogP) is 15.2. The van der Waals surface area contributed by atoms with Crippen molar-refractivity contribution < 1.29 is 17.6 Å². The number of hydrogen-bond donors (Lipinski definition) is 0. The van der Waals surface area contributed by atoms with E-state index in [0.29, 0.717) is 16.7 Å². The topological polar surface area (TPSA) is 0 Å². The first-order valence-corrected chi connectivity index (χ1v) is 18.5. The highest BCUT2D eigenvalue weighted by Crippen LogP contribution is 2.50. The molecule has 1 aliphatic rings. The molecule has 0 fully saturated rings. The maximum absolute atomic E-state index is 14.2. The zero-order valence-electron chi connectivity index (χ0n) is 30.6. The van der Waals surface area contributed by atoms with Gasteiger partial charge in [0.1, 0.15) is 5.82 Å². The summed E-state index contributed by atoms with van der Waals surface area (Å²) in [5.41, 5.74) is 14.0. The Labute approximate surface area is 319 Å². The number of rotatable bonds is 7. The van der Waals surface area contributed by atoms with E-state index in [1.807, 2.05) is 60.7 Å². The molecule has 0 saturated heterocycles. The second-order valence-corrected chi connectivity index (χ2v) is 14.1. The van der Waals surface area contributed by atoms with E-state index >= 15 is 0 Å². The fourth-order valence-corrected chi connectivity index (χ4v) is 7.65. The normalized spacial score (nSPS) is 12.8. The van der Waals surface area contributed by atoms with Crippen LogP contribution < -0.4 is 0 Å². The molecule has 0 saturated carbocycles. The molecule has 270 valence electrons. The molecule has 0 amide bonds. The van der Waals surface area contributed by atoms with Gasteiger partial charge in [-0.25, -0.2) is 4.39 Å². The lowest BCUT2D eigenvalue weighted by Gasteiger charge is -2.25. The second-order valence-electron chi connectivity index (χ2n) is 14.1. The molecule has 0 heterocycles. The maximum Gasteiger partial charge on any atom is 0.416 e. The average molecular weight is 727 g/mol. The zero-order chi connectivity index (χ0) is 38.1. The van der Waals surface area contributed by atoms with Gasteiger partial charge in [0, 0.05) is 0 Å². The Morgan fingerprint density at radius 1 is 0.436 bits per heavy atom. The van der Waals surface area contributed by atoms with E-state index < -0.39 is 11.7 Å². The summed E-state index contributed by atoms with van der Waals surface area (Å²) < 4.78 is 55.8. The minimum absolute atomic E-state index is 0.202. The van der Waals surface area contributed by atoms with Gasteiger partial charge in [-0.3, -0.25) is 0 Å². The Balaban J connectivity index is 1.38. The molecule has 0 unspecified atom stereocenters. The first-order chi connectivity index (χ1) is 26.7. The minimum Gasteiger partial charge on any atom is -0.207 e. The molecular formula is C51H38F4. The number of hydrogen-bond acceptors (Lipinski definition) is 0. The molecule has 8 rings (SSSR count). The summed E-state index contributed by atoms with van der Waals surface area (Å²) in [5.74, 6) is -0.222. The van der Waals surface area contributed by atoms with Gasteiger partial charge in [0.25, 0.3) is 0 Å². The van der Waals surface area contributed by atoms with Crippen molar-refractivity contribution in [3.63, 3.8) is 0 Å². The van der Waals surface area contributed by atoms with Crippen LogP contribution in [0.1, 0.15) is 35.1 Å². The summed E-state index contributed by atoms with van der Waals surface area (Å²) in [5, 5.41) is 0. The fourth-order valence-electron chi connectivity index (χ4n) is 7.65. The number of allylic oxidation sites excluding steroid dienone is 4. The lowest BCUT2D eigenvalue weighted by molar-refractivity contribution is -0.138. The summed E-state index contributed by atoms with van der Waals surface area (Å²) >= 11 is 0. The minimum atomic E-state index is -4.43. The van der Waals surface area contributed by atoms with Gasteiger partial charge in [-0.15, -0.1) is 0 Å². The molecule has 7 aromatic rings. The average Bonchev–Trinajstić information content (AvgIpc) is 3.22. The van der Waals surface area contributed by atoms with Gasteiger partial charge < -0.3 is 0 Å². The highest BCUT2D eigenvalue weighted by Gasteiger charge is 2.32. The third-order valence-corrected chi connectivity index (χ3v) is 10.5. The van der Waals surface area contributed by atoms with Crippen LogP contribution in [0.2, 0.25) is 0 Å². The SMILES string of the molecule is Cc1cc(-c2ccc(-c3c(C4=CCCC=C4)cc(-c4ccc(-c5ccc(C)c(C(F)(F)F)c5)cc4)c(-c4ccccc4)c3-c3ccccc3)cc2)ccc1F. The highest BCUT2D eigenvalue weighted by molar-refractivity contribution is 6.06. The largest absolute Gasteiger partial charge is 0.416 e. The van der Waals surface area contributed by atoms with Crippen molar-refractivity contribution in [2.75, 3.05) is 0 Å². The van der Waals surface area contributed by atoms with Crippen LogP contribution in [0.25, 0.3) is 72.3 Å². The zero-order valence-corrected chi connectivity index (χ0v) is 30.6. The first-order valence-electron chi connectivity index (χ1n) is 18.5. The molecule has 0 radical (unpaired) electrons. The van der Waals surface area contributed by atoms with Crippen molar-refractivity contribution >= 4 is 5.57 Å². The molecule has 0 aliphatic heterocycles. The Hall–Kier alpha value is -6.26. The Bertz CT molecular complexity index is 2560. The molecule has 0 aromatic heterocycles. The van der Waals surface area contributed by atoms with Crippen molar-refractivity contribution in [3.8, 4) is 66.8 Å². The van der Waals surface area contributed by atoms with Crippen molar-refractivity contribution in [2.45, 2.75) is 32.9 Å². The maximum atomic E-state index is 14.2. The third kappa shape index (κ3) is 7.20. The summed E-state index contributed by atoms with van der Waals surface area (Å²) in [4.78, 5) is 0. The Kier molecular flexibility index (Phi) is 9.67. The lowest BCUT2D eigenvalue weighted by atomic mass is 9.78. The molecule has 0 N–H and O–H groups in total. The van der Waals surface area contributed by atoms with Crippen LogP contribution in [0.15, 0.2) is 170 Å². The van der Waals surface area contributed by atoms with Crippen LogP contribution in [0.3, 0.4) is 0 Å². The summed E-state index contributed by atoms with van der Waals surface area (Å²) in [6, 6.07) is 49.3. The van der Waals surface area contributed by atoms with Crippen molar-refractivity contribution in [1.82, 2.24) is 0 Å². The van der Waals surface area contributed by atoms with Gasteiger partial charge in [-0.05, 0) is 140 Å². The van der Waals surface area contributed by atoms with E-state index in [1.54, 1.807) is 13.0 Å². The number of benzene rings is 7. The van der Waals surface area contributed by atoms with Gasteiger partial charge in [0.2, 0.25) is 0 Å². The standard InChI is InChI=1S/C51H38F4/c1-33-18-19-43(31-46(33)51(53,54)55)36-20-24-38(25-21-36)45-32-44(37-12-6-3-7-13-37)49(41-26-22-35(23-27-41)42-28-29-47(52)34(2)30-42)50(40-16-10-5-11-17-40)48(45)39-14-8-4-9-15-39/h4-6,8-32H,3,7H2,1-2H3. The summed E-state index contributed by atoms with van der Waals surface area (Å²) in [6.07, 6.45) is 4.19. The van der Waals surface area contributed by atoms with Crippen molar-refractivity contribution in [1.29, 1.82) is 0 Å². The van der Waals surface area contributed by atoms with Gasteiger partial charge in [0.05, 0.1) is 5.56 Å².